The Morgan fingerprint density at radius 1 is 1.60 bits per heavy atom. The lowest BCUT2D eigenvalue weighted by Gasteiger charge is -2.38. The Labute approximate surface area is 85.9 Å². The number of ether oxygens (including phenoxy) is 3. The Balaban J connectivity index is 2.16. The van der Waals surface area contributed by atoms with Crippen molar-refractivity contribution in [1.82, 2.24) is 5.32 Å². The van der Waals surface area contributed by atoms with E-state index in [9.17, 15) is 9.90 Å². The van der Waals surface area contributed by atoms with Crippen molar-refractivity contribution in [3.05, 3.63) is 0 Å². The van der Waals surface area contributed by atoms with Crippen LogP contribution in [0.4, 0.5) is 4.79 Å². The van der Waals surface area contributed by atoms with Gasteiger partial charge >= 0.3 is 6.09 Å². The largest absolute Gasteiger partial charge is 0.441 e. The topological polar surface area (TPSA) is 97.3 Å². The molecule has 2 heterocycles. The van der Waals surface area contributed by atoms with Crippen LogP contribution in [0.3, 0.4) is 0 Å². The van der Waals surface area contributed by atoms with Crippen LogP contribution in [-0.2, 0) is 14.2 Å². The number of hydrogen-bond donors (Lipinski definition) is 3. The highest BCUT2D eigenvalue weighted by Crippen LogP contribution is 2.27. The first-order chi connectivity index (χ1) is 7.17. The van der Waals surface area contributed by atoms with Crippen LogP contribution < -0.4 is 5.32 Å². The minimum Gasteiger partial charge on any atom is -0.441 e. The fraction of sp³-hybridized carbons (Fsp3) is 0.875. The predicted octanol–water partition coefficient (Wildman–Crippen LogP) is -1.81. The quantitative estimate of drug-likeness (QED) is 0.506. The van der Waals surface area contributed by atoms with Gasteiger partial charge in [-0.15, -0.1) is 0 Å². The number of aliphatic hydroxyl groups excluding tert-OH is 2. The molecule has 2 rings (SSSR count). The highest BCUT2D eigenvalue weighted by atomic mass is 16.7. The zero-order chi connectivity index (χ0) is 11.0. The summed E-state index contributed by atoms with van der Waals surface area (Å²) in [6, 6.07) is -0.603. The summed E-state index contributed by atoms with van der Waals surface area (Å²) in [5.74, 6) is 0. The Hall–Kier alpha value is -0.890. The van der Waals surface area contributed by atoms with E-state index in [1.165, 1.54) is 7.11 Å². The monoisotopic (exact) mass is 219 g/mol. The number of hydrogen-bond acceptors (Lipinski definition) is 6. The molecule has 2 aliphatic heterocycles. The molecular weight excluding hydrogens is 206 g/mol. The molecule has 0 aliphatic carbocycles. The molecule has 0 spiro atoms. The summed E-state index contributed by atoms with van der Waals surface area (Å²) in [6.07, 6.45) is -3.85. The molecule has 0 radical (unpaired) electrons. The normalized spacial score (nSPS) is 44.5. The van der Waals surface area contributed by atoms with Crippen LogP contribution in [0.2, 0.25) is 0 Å². The average Bonchev–Trinajstić information content (AvgIpc) is 2.61. The molecular formula is C8H13NO6. The number of amides is 1. The number of carbonyl (C=O) groups excluding carboxylic acids is 1. The van der Waals surface area contributed by atoms with Crippen molar-refractivity contribution < 1.29 is 29.2 Å². The van der Waals surface area contributed by atoms with Gasteiger partial charge in [-0.2, -0.15) is 0 Å². The van der Waals surface area contributed by atoms with E-state index in [1.54, 1.807) is 0 Å². The zero-order valence-corrected chi connectivity index (χ0v) is 8.12. The first kappa shape index (κ1) is 10.6. The second kappa shape index (κ2) is 3.93. The standard InChI is InChI=1S/C8H13NO6/c1-13-7-5(11)4-6(3(2-10)14-7)15-8(12)9-4/h3-7,10-11H,2H2,1H3,(H,9,12)/t3-,4+,5+,6+,7+/m0/s1. The molecule has 15 heavy (non-hydrogen) atoms. The third kappa shape index (κ3) is 1.67. The molecule has 7 nitrogen and oxygen atoms in total. The fourth-order valence-electron chi connectivity index (χ4n) is 1.88. The van der Waals surface area contributed by atoms with Crippen LogP contribution in [0.1, 0.15) is 0 Å². The molecule has 0 aromatic rings. The number of aliphatic hydroxyl groups is 2. The van der Waals surface area contributed by atoms with E-state index in [-0.39, 0.29) is 6.61 Å². The van der Waals surface area contributed by atoms with Crippen molar-refractivity contribution >= 4 is 6.09 Å². The molecule has 0 unspecified atom stereocenters. The predicted molar refractivity (Wildman–Crippen MR) is 46.0 cm³/mol. The van der Waals surface area contributed by atoms with Gasteiger partial charge in [0, 0.05) is 7.11 Å². The molecule has 7 heteroatoms. The number of carbonyl (C=O) groups is 1. The van der Waals surface area contributed by atoms with Gasteiger partial charge in [-0.25, -0.2) is 4.79 Å². The summed E-state index contributed by atoms with van der Waals surface area (Å²) in [7, 11) is 1.38. The summed E-state index contributed by atoms with van der Waals surface area (Å²) >= 11 is 0. The second-order valence-corrected chi connectivity index (χ2v) is 3.49. The van der Waals surface area contributed by atoms with Crippen LogP contribution in [0.5, 0.6) is 0 Å². The number of alkyl carbamates (subject to hydrolysis) is 1. The van der Waals surface area contributed by atoms with Crippen molar-refractivity contribution in [2.24, 2.45) is 0 Å². The Morgan fingerprint density at radius 3 is 2.93 bits per heavy atom. The molecule has 86 valence electrons. The van der Waals surface area contributed by atoms with Crippen LogP contribution in [-0.4, -0.2) is 60.7 Å². The van der Waals surface area contributed by atoms with Crippen LogP contribution in [0, 0.1) is 0 Å². The lowest BCUT2D eigenvalue weighted by Crippen LogP contribution is -2.60. The lowest BCUT2D eigenvalue weighted by molar-refractivity contribution is -0.261. The van der Waals surface area contributed by atoms with E-state index in [1.807, 2.05) is 0 Å². The van der Waals surface area contributed by atoms with Crippen LogP contribution >= 0.6 is 0 Å². The van der Waals surface area contributed by atoms with Gasteiger partial charge in [0.1, 0.15) is 18.2 Å². The molecule has 1 amide bonds. The molecule has 2 saturated heterocycles. The fourth-order valence-corrected chi connectivity index (χ4v) is 1.88. The van der Waals surface area contributed by atoms with Gasteiger partial charge in [0.2, 0.25) is 0 Å². The van der Waals surface area contributed by atoms with E-state index >= 15 is 0 Å². The number of rotatable bonds is 2. The highest BCUT2D eigenvalue weighted by Gasteiger charge is 2.51. The number of nitrogens with one attached hydrogen (secondary N) is 1. The van der Waals surface area contributed by atoms with Crippen molar-refractivity contribution in [2.45, 2.75) is 30.6 Å². The van der Waals surface area contributed by atoms with Gasteiger partial charge in [0.25, 0.3) is 0 Å². The summed E-state index contributed by atoms with van der Waals surface area (Å²) < 4.78 is 15.0. The van der Waals surface area contributed by atoms with Crippen molar-refractivity contribution in [3.63, 3.8) is 0 Å². The van der Waals surface area contributed by atoms with Gasteiger partial charge in [-0.05, 0) is 0 Å². The average molecular weight is 219 g/mol. The van der Waals surface area contributed by atoms with E-state index in [4.69, 9.17) is 19.3 Å². The molecule has 3 N–H and O–H groups in total. The number of fused-ring (bicyclic) bond motifs is 1. The third-order valence-electron chi connectivity index (χ3n) is 2.62. The summed E-state index contributed by atoms with van der Waals surface area (Å²) in [5, 5.41) is 21.2. The summed E-state index contributed by atoms with van der Waals surface area (Å²) in [4.78, 5) is 11.0. The lowest BCUT2D eigenvalue weighted by atomic mass is 9.97. The summed E-state index contributed by atoms with van der Waals surface area (Å²) in [5.41, 5.74) is 0. The van der Waals surface area contributed by atoms with Gasteiger partial charge in [0.05, 0.1) is 6.61 Å². The Kier molecular flexibility index (Phi) is 2.79. The van der Waals surface area contributed by atoms with Crippen molar-refractivity contribution in [2.75, 3.05) is 13.7 Å². The molecule has 5 atom stereocenters. The minimum absolute atomic E-state index is 0.303. The number of methoxy groups -OCH3 is 1. The highest BCUT2D eigenvalue weighted by molar-refractivity contribution is 5.70. The molecule has 2 fully saturated rings. The maximum absolute atomic E-state index is 11.0. The smallest absolute Gasteiger partial charge is 0.408 e. The second-order valence-electron chi connectivity index (χ2n) is 3.49. The Bertz CT molecular complexity index is 260. The van der Waals surface area contributed by atoms with Crippen LogP contribution in [0.15, 0.2) is 0 Å². The first-order valence-electron chi connectivity index (χ1n) is 4.61. The molecule has 2 aliphatic rings. The minimum atomic E-state index is -1.01. The SMILES string of the molecule is CO[C@@H]1O[C@@H](CO)[C@H]2OC(=O)N[C@@H]2[C@H]1O. The molecule has 0 aromatic heterocycles. The first-order valence-corrected chi connectivity index (χ1v) is 4.61. The van der Waals surface area contributed by atoms with Gasteiger partial charge in [-0.3, -0.25) is 0 Å². The van der Waals surface area contributed by atoms with E-state index < -0.39 is 36.7 Å². The zero-order valence-electron chi connectivity index (χ0n) is 8.12. The Morgan fingerprint density at radius 2 is 2.33 bits per heavy atom. The van der Waals surface area contributed by atoms with Gasteiger partial charge < -0.3 is 29.7 Å². The van der Waals surface area contributed by atoms with E-state index in [2.05, 4.69) is 5.32 Å². The summed E-state index contributed by atoms with van der Waals surface area (Å²) in [6.45, 7) is -0.303. The van der Waals surface area contributed by atoms with E-state index in [0.29, 0.717) is 0 Å². The third-order valence-corrected chi connectivity index (χ3v) is 2.62. The van der Waals surface area contributed by atoms with Crippen molar-refractivity contribution in [3.8, 4) is 0 Å². The van der Waals surface area contributed by atoms with Crippen molar-refractivity contribution in [1.29, 1.82) is 0 Å². The maximum atomic E-state index is 11.0. The molecule has 0 aromatic carbocycles. The maximum Gasteiger partial charge on any atom is 0.408 e. The molecule has 0 saturated carbocycles. The van der Waals surface area contributed by atoms with Gasteiger partial charge in [-0.1, -0.05) is 0 Å². The van der Waals surface area contributed by atoms with E-state index in [0.717, 1.165) is 0 Å². The van der Waals surface area contributed by atoms with Gasteiger partial charge in [0.15, 0.2) is 12.4 Å². The molecule has 0 bridgehead atoms. The van der Waals surface area contributed by atoms with Crippen LogP contribution in [0.25, 0.3) is 0 Å².